The van der Waals surface area contributed by atoms with Crippen molar-refractivity contribution in [1.29, 1.82) is 0 Å². The first-order chi connectivity index (χ1) is 14.1. The summed E-state index contributed by atoms with van der Waals surface area (Å²) < 4.78 is 11.1. The second-order valence-corrected chi connectivity index (χ2v) is 9.07. The number of hydrogen-bond donors (Lipinski definition) is 0. The number of benzene rings is 1. The van der Waals surface area contributed by atoms with Crippen molar-refractivity contribution < 1.29 is 14.3 Å². The Morgan fingerprint density at radius 2 is 1.86 bits per heavy atom. The second-order valence-electron chi connectivity index (χ2n) is 8.09. The van der Waals surface area contributed by atoms with E-state index in [2.05, 4.69) is 30.5 Å². The molecule has 2 aliphatic rings. The zero-order valence-corrected chi connectivity index (χ0v) is 18.3. The average Bonchev–Trinajstić information content (AvgIpc) is 3.27. The minimum absolute atomic E-state index is 0.0783. The van der Waals surface area contributed by atoms with E-state index in [9.17, 15) is 4.79 Å². The zero-order chi connectivity index (χ0) is 20.4. The Bertz CT molecular complexity index is 893. The Morgan fingerprint density at radius 3 is 2.52 bits per heavy atom. The molecule has 2 heterocycles. The van der Waals surface area contributed by atoms with Gasteiger partial charge in [0.15, 0.2) is 11.5 Å². The molecule has 1 saturated carbocycles. The molecule has 0 N–H and O–H groups in total. The minimum Gasteiger partial charge on any atom is -0.493 e. The summed E-state index contributed by atoms with van der Waals surface area (Å²) in [4.78, 5) is 16.6. The van der Waals surface area contributed by atoms with Crippen LogP contribution < -0.4 is 9.47 Å². The fraction of sp³-hybridized carbons (Fsp3) is 0.458. The van der Waals surface area contributed by atoms with Crippen molar-refractivity contribution in [3.8, 4) is 11.5 Å². The number of hydrogen-bond acceptors (Lipinski definition) is 4. The zero-order valence-electron chi connectivity index (χ0n) is 17.4. The van der Waals surface area contributed by atoms with Gasteiger partial charge in [-0.3, -0.25) is 4.79 Å². The van der Waals surface area contributed by atoms with Crippen LogP contribution in [0.15, 0.2) is 41.3 Å². The van der Waals surface area contributed by atoms with Crippen LogP contribution in [-0.2, 0) is 11.2 Å². The standard InChI is InChI=1S/C24H29NO3S/c1-16-6-8-17(9-7-16)13-23(26)25-11-10-18-14-20(27-2)21(28-3)15-19(18)24(25)22-5-4-12-29-22/h4-5,12-16,24H,6-11H2,1-3H3. The first kappa shape index (κ1) is 20.0. The van der Waals surface area contributed by atoms with E-state index in [4.69, 9.17) is 9.47 Å². The average molecular weight is 412 g/mol. The highest BCUT2D eigenvalue weighted by atomic mass is 32.1. The summed E-state index contributed by atoms with van der Waals surface area (Å²) in [5, 5.41) is 2.08. The molecule has 0 saturated heterocycles. The molecule has 1 amide bonds. The SMILES string of the molecule is COc1cc2c(cc1OC)C(c1cccs1)N(C(=O)C=C1CCC(C)CC1)CC2. The Hall–Kier alpha value is -2.27. The number of amides is 1. The predicted molar refractivity (Wildman–Crippen MR) is 117 cm³/mol. The lowest BCUT2D eigenvalue weighted by molar-refractivity contribution is -0.128. The van der Waals surface area contributed by atoms with Crippen molar-refractivity contribution in [3.05, 3.63) is 57.3 Å². The molecule has 1 unspecified atom stereocenters. The quantitative estimate of drug-likeness (QED) is 0.635. The molecule has 1 aliphatic carbocycles. The minimum atomic E-state index is -0.0783. The van der Waals surface area contributed by atoms with Gasteiger partial charge in [0, 0.05) is 17.5 Å². The largest absolute Gasteiger partial charge is 0.493 e. The number of carbonyl (C=O) groups is 1. The van der Waals surface area contributed by atoms with Gasteiger partial charge in [-0.2, -0.15) is 0 Å². The summed E-state index contributed by atoms with van der Waals surface area (Å²) in [6.07, 6.45) is 7.21. The lowest BCUT2D eigenvalue weighted by Crippen LogP contribution is -2.39. The number of nitrogens with zero attached hydrogens (tertiary/aromatic N) is 1. The molecule has 4 rings (SSSR count). The maximum atomic E-state index is 13.3. The van der Waals surface area contributed by atoms with Crippen molar-refractivity contribution in [2.24, 2.45) is 5.92 Å². The third-order valence-corrected chi connectivity index (χ3v) is 7.14. The first-order valence-corrected chi connectivity index (χ1v) is 11.3. The molecule has 5 heteroatoms. The van der Waals surface area contributed by atoms with E-state index in [1.807, 2.05) is 17.0 Å². The van der Waals surface area contributed by atoms with Crippen LogP contribution in [0.3, 0.4) is 0 Å². The van der Waals surface area contributed by atoms with Gasteiger partial charge < -0.3 is 14.4 Å². The molecular formula is C24H29NO3S. The smallest absolute Gasteiger partial charge is 0.247 e. The summed E-state index contributed by atoms with van der Waals surface area (Å²) in [6, 6.07) is 8.21. The van der Waals surface area contributed by atoms with Crippen molar-refractivity contribution in [2.75, 3.05) is 20.8 Å². The fourth-order valence-electron chi connectivity index (χ4n) is 4.47. The van der Waals surface area contributed by atoms with Gasteiger partial charge in [-0.15, -0.1) is 11.3 Å². The third-order valence-electron chi connectivity index (χ3n) is 6.21. The molecule has 1 atom stereocenters. The van der Waals surface area contributed by atoms with Crippen LogP contribution in [-0.4, -0.2) is 31.6 Å². The molecule has 29 heavy (non-hydrogen) atoms. The summed E-state index contributed by atoms with van der Waals surface area (Å²) in [5.41, 5.74) is 3.67. The molecule has 0 bridgehead atoms. The monoisotopic (exact) mass is 411 g/mol. The predicted octanol–water partition coefficient (Wildman–Crippen LogP) is 5.38. The van der Waals surface area contributed by atoms with E-state index in [1.165, 1.54) is 28.9 Å². The number of ether oxygens (including phenoxy) is 2. The maximum Gasteiger partial charge on any atom is 0.247 e. The number of methoxy groups -OCH3 is 2. The van der Waals surface area contributed by atoms with Crippen LogP contribution in [0, 0.1) is 5.92 Å². The number of thiophene rings is 1. The highest BCUT2D eigenvalue weighted by Gasteiger charge is 2.33. The van der Waals surface area contributed by atoms with Gasteiger partial charge in [0.05, 0.1) is 20.3 Å². The van der Waals surface area contributed by atoms with Crippen LogP contribution in [0.5, 0.6) is 11.5 Å². The van der Waals surface area contributed by atoms with E-state index >= 15 is 0 Å². The Kier molecular flexibility index (Phi) is 5.95. The number of allylic oxidation sites excluding steroid dienone is 1. The van der Waals surface area contributed by atoms with Gasteiger partial charge in [0.25, 0.3) is 0 Å². The third kappa shape index (κ3) is 4.06. The van der Waals surface area contributed by atoms with Crippen molar-refractivity contribution in [1.82, 2.24) is 4.90 Å². The topological polar surface area (TPSA) is 38.8 Å². The maximum absolute atomic E-state index is 13.3. The Balaban J connectivity index is 1.70. The lowest BCUT2D eigenvalue weighted by Gasteiger charge is -2.37. The first-order valence-electron chi connectivity index (χ1n) is 10.4. The molecule has 0 radical (unpaired) electrons. The molecule has 2 aromatic rings. The Morgan fingerprint density at radius 1 is 1.14 bits per heavy atom. The molecule has 1 fully saturated rings. The molecule has 154 valence electrons. The number of carbonyl (C=O) groups excluding carboxylic acids is 1. The molecule has 0 spiro atoms. The van der Waals surface area contributed by atoms with Gasteiger partial charge in [0.2, 0.25) is 5.91 Å². The molecule has 1 aromatic carbocycles. The Labute approximate surface area is 177 Å². The van der Waals surface area contributed by atoms with Crippen LogP contribution in [0.2, 0.25) is 0 Å². The van der Waals surface area contributed by atoms with Gasteiger partial charge in [-0.05, 0) is 72.7 Å². The van der Waals surface area contributed by atoms with Crippen LogP contribution in [0.4, 0.5) is 0 Å². The molecule has 1 aliphatic heterocycles. The van der Waals surface area contributed by atoms with Crippen LogP contribution in [0.1, 0.15) is 54.7 Å². The van der Waals surface area contributed by atoms with Crippen molar-refractivity contribution >= 4 is 17.2 Å². The van der Waals surface area contributed by atoms with E-state index in [1.54, 1.807) is 25.6 Å². The lowest BCUT2D eigenvalue weighted by atomic mass is 9.86. The van der Waals surface area contributed by atoms with E-state index < -0.39 is 0 Å². The van der Waals surface area contributed by atoms with Gasteiger partial charge in [0.1, 0.15) is 0 Å². The molecule has 1 aromatic heterocycles. The molecule has 4 nitrogen and oxygen atoms in total. The summed E-state index contributed by atoms with van der Waals surface area (Å²) in [7, 11) is 3.32. The summed E-state index contributed by atoms with van der Waals surface area (Å²) in [6.45, 7) is 3.01. The van der Waals surface area contributed by atoms with Crippen molar-refractivity contribution in [2.45, 2.75) is 45.1 Å². The summed E-state index contributed by atoms with van der Waals surface area (Å²) in [5.74, 6) is 2.36. The highest BCUT2D eigenvalue weighted by molar-refractivity contribution is 7.10. The normalized spacial score (nSPS) is 21.5. The fourth-order valence-corrected chi connectivity index (χ4v) is 5.33. The van der Waals surface area contributed by atoms with Gasteiger partial charge in [-0.25, -0.2) is 0 Å². The van der Waals surface area contributed by atoms with E-state index in [0.29, 0.717) is 12.3 Å². The van der Waals surface area contributed by atoms with Gasteiger partial charge >= 0.3 is 0 Å². The van der Waals surface area contributed by atoms with Crippen LogP contribution >= 0.6 is 11.3 Å². The van der Waals surface area contributed by atoms with Crippen molar-refractivity contribution in [3.63, 3.8) is 0 Å². The highest BCUT2D eigenvalue weighted by Crippen LogP contribution is 2.42. The number of fused-ring (bicyclic) bond motifs is 1. The van der Waals surface area contributed by atoms with E-state index in [-0.39, 0.29) is 11.9 Å². The van der Waals surface area contributed by atoms with E-state index in [0.717, 1.165) is 36.5 Å². The summed E-state index contributed by atoms with van der Waals surface area (Å²) >= 11 is 1.70. The number of rotatable bonds is 4. The second kappa shape index (κ2) is 8.62. The van der Waals surface area contributed by atoms with Gasteiger partial charge in [-0.1, -0.05) is 18.6 Å². The van der Waals surface area contributed by atoms with Crippen LogP contribution in [0.25, 0.3) is 0 Å². The molecular weight excluding hydrogens is 382 g/mol.